The summed E-state index contributed by atoms with van der Waals surface area (Å²) in [5.74, 6) is -0.127. The average Bonchev–Trinajstić information content (AvgIpc) is 2.97. The molecule has 3 rings (SSSR count). The number of ether oxygens (including phenoxy) is 1. The van der Waals surface area contributed by atoms with Crippen molar-refractivity contribution in [2.75, 3.05) is 25.4 Å². The normalized spacial score (nSPS) is 14.0. The minimum Gasteiger partial charge on any atom is -0.462 e. The summed E-state index contributed by atoms with van der Waals surface area (Å²) in [6, 6.07) is 9.42. The maximum absolute atomic E-state index is 12.2. The van der Waals surface area contributed by atoms with Crippen molar-refractivity contribution in [2.45, 2.75) is 32.7 Å². The summed E-state index contributed by atoms with van der Waals surface area (Å²) in [5, 5.41) is 0.551. The van der Waals surface area contributed by atoms with Crippen LogP contribution in [0, 0.1) is 0 Å². The van der Waals surface area contributed by atoms with Crippen LogP contribution in [0.2, 0.25) is 0 Å². The average molecular weight is 372 g/mol. The maximum Gasteiger partial charge on any atom is 0.341 e. The molecule has 0 fully saturated rings. The lowest BCUT2D eigenvalue weighted by molar-refractivity contribution is 0.0526. The van der Waals surface area contributed by atoms with Gasteiger partial charge in [-0.05, 0) is 31.9 Å². The van der Waals surface area contributed by atoms with Crippen molar-refractivity contribution in [1.29, 1.82) is 0 Å². The smallest absolute Gasteiger partial charge is 0.341 e. The molecule has 0 spiro atoms. The first-order valence-corrected chi connectivity index (χ1v) is 9.79. The second kappa shape index (κ2) is 8.47. The lowest BCUT2D eigenvalue weighted by Crippen LogP contribution is -2.31. The number of fused-ring (bicyclic) bond motifs is 1. The monoisotopic (exact) mass is 372 g/mol. The van der Waals surface area contributed by atoms with E-state index in [2.05, 4.69) is 4.90 Å². The Balaban J connectivity index is 1.55. The van der Waals surface area contributed by atoms with Gasteiger partial charge in [0.25, 0.3) is 0 Å². The summed E-state index contributed by atoms with van der Waals surface area (Å²) >= 11 is 1.48. The van der Waals surface area contributed by atoms with Gasteiger partial charge in [0.15, 0.2) is 5.78 Å². The van der Waals surface area contributed by atoms with Crippen LogP contribution in [0.1, 0.15) is 50.9 Å². The number of hydrogen-bond acceptors (Lipinski definition) is 6. The van der Waals surface area contributed by atoms with E-state index in [1.54, 1.807) is 6.92 Å². The Bertz CT molecular complexity index is 786. The highest BCUT2D eigenvalue weighted by atomic mass is 32.1. The van der Waals surface area contributed by atoms with Crippen molar-refractivity contribution < 1.29 is 14.3 Å². The number of carbonyl (C=O) groups is 2. The van der Waals surface area contributed by atoms with E-state index < -0.39 is 0 Å². The molecule has 0 amide bonds. The molecular weight excluding hydrogens is 348 g/mol. The zero-order chi connectivity index (χ0) is 18.5. The molecule has 26 heavy (non-hydrogen) atoms. The Hall–Kier alpha value is -2.18. The minimum atomic E-state index is -0.315. The molecule has 2 heterocycles. The maximum atomic E-state index is 12.2. The quantitative estimate of drug-likeness (QED) is 0.595. The van der Waals surface area contributed by atoms with Crippen molar-refractivity contribution in [1.82, 2.24) is 4.90 Å². The predicted octanol–water partition coefficient (Wildman–Crippen LogP) is 3.53. The molecule has 0 aliphatic carbocycles. The summed E-state index contributed by atoms with van der Waals surface area (Å²) < 4.78 is 5.13. The van der Waals surface area contributed by atoms with E-state index in [1.807, 2.05) is 30.3 Å². The fourth-order valence-electron chi connectivity index (χ4n) is 3.33. The van der Waals surface area contributed by atoms with E-state index in [1.165, 1.54) is 11.3 Å². The van der Waals surface area contributed by atoms with Crippen molar-refractivity contribution in [3.63, 3.8) is 0 Å². The van der Waals surface area contributed by atoms with Gasteiger partial charge in [-0.1, -0.05) is 30.3 Å². The number of nitrogens with zero attached hydrogens (tertiary/aromatic N) is 1. The molecule has 2 aromatic rings. The fraction of sp³-hybridized carbons (Fsp3) is 0.400. The number of thiophene rings is 1. The van der Waals surface area contributed by atoms with Gasteiger partial charge in [-0.25, -0.2) is 4.79 Å². The molecule has 0 saturated heterocycles. The highest BCUT2D eigenvalue weighted by Gasteiger charge is 2.27. The molecule has 0 saturated carbocycles. The van der Waals surface area contributed by atoms with Crippen LogP contribution in [0.5, 0.6) is 0 Å². The zero-order valence-electron chi connectivity index (χ0n) is 15.0. The van der Waals surface area contributed by atoms with Crippen molar-refractivity contribution in [2.24, 2.45) is 0 Å². The molecule has 1 aromatic carbocycles. The zero-order valence-corrected chi connectivity index (χ0v) is 15.8. The van der Waals surface area contributed by atoms with Crippen LogP contribution in [-0.2, 0) is 17.7 Å². The number of nitrogen functional groups attached to an aromatic ring is 1. The van der Waals surface area contributed by atoms with E-state index in [9.17, 15) is 9.59 Å². The summed E-state index contributed by atoms with van der Waals surface area (Å²) in [5.41, 5.74) is 8.44. The number of nitrogens with two attached hydrogens (primary N) is 1. The standard InChI is InChI=1S/C20H24N2O3S/c1-2-25-20(24)18-15-10-12-22(13-17(15)26-19(18)21)11-6-9-16(23)14-7-4-3-5-8-14/h3-5,7-8H,2,6,9-13,21H2,1H3. The third-order valence-corrected chi connectivity index (χ3v) is 5.66. The van der Waals surface area contributed by atoms with E-state index in [0.29, 0.717) is 23.6 Å². The van der Waals surface area contributed by atoms with Crippen molar-refractivity contribution in [3.8, 4) is 0 Å². The Labute approximate surface area is 157 Å². The third-order valence-electron chi connectivity index (χ3n) is 4.62. The first-order chi connectivity index (χ1) is 12.6. The minimum absolute atomic E-state index is 0.188. The largest absolute Gasteiger partial charge is 0.462 e. The number of esters is 1. The number of rotatable bonds is 7. The van der Waals surface area contributed by atoms with Crippen LogP contribution in [-0.4, -0.2) is 36.3 Å². The molecule has 138 valence electrons. The van der Waals surface area contributed by atoms with Gasteiger partial charge in [-0.15, -0.1) is 11.3 Å². The lowest BCUT2D eigenvalue weighted by Gasteiger charge is -2.26. The molecule has 0 bridgehead atoms. The van der Waals surface area contributed by atoms with Crippen LogP contribution >= 0.6 is 11.3 Å². The van der Waals surface area contributed by atoms with Gasteiger partial charge in [-0.3, -0.25) is 9.69 Å². The van der Waals surface area contributed by atoms with Gasteiger partial charge in [0.05, 0.1) is 12.2 Å². The molecule has 0 radical (unpaired) electrons. The Kier molecular flexibility index (Phi) is 6.06. The molecule has 5 nitrogen and oxygen atoms in total. The fourth-order valence-corrected chi connectivity index (χ4v) is 4.48. The number of hydrogen-bond donors (Lipinski definition) is 1. The van der Waals surface area contributed by atoms with Crippen LogP contribution in [0.15, 0.2) is 30.3 Å². The molecule has 1 aliphatic rings. The molecule has 0 atom stereocenters. The molecule has 1 aromatic heterocycles. The van der Waals surface area contributed by atoms with Crippen LogP contribution < -0.4 is 5.73 Å². The van der Waals surface area contributed by atoms with E-state index in [4.69, 9.17) is 10.5 Å². The Morgan fingerprint density at radius 3 is 2.77 bits per heavy atom. The van der Waals surface area contributed by atoms with Gasteiger partial charge in [0, 0.05) is 30.0 Å². The molecule has 1 aliphatic heterocycles. The topological polar surface area (TPSA) is 72.6 Å². The SMILES string of the molecule is CCOC(=O)c1c(N)sc2c1CCN(CCCC(=O)c1ccccc1)C2. The third kappa shape index (κ3) is 4.14. The van der Waals surface area contributed by atoms with Crippen LogP contribution in [0.3, 0.4) is 0 Å². The molecule has 6 heteroatoms. The number of ketones is 1. The highest BCUT2D eigenvalue weighted by molar-refractivity contribution is 7.16. The van der Waals surface area contributed by atoms with E-state index >= 15 is 0 Å². The van der Waals surface area contributed by atoms with E-state index in [-0.39, 0.29) is 11.8 Å². The van der Waals surface area contributed by atoms with Gasteiger partial charge in [-0.2, -0.15) is 0 Å². The number of Topliss-reactive ketones (excluding diaryl/α,β-unsaturated/α-hetero) is 1. The molecular formula is C20H24N2O3S. The van der Waals surface area contributed by atoms with Gasteiger partial charge in [0.1, 0.15) is 5.00 Å². The first kappa shape index (κ1) is 18.6. The van der Waals surface area contributed by atoms with Crippen LogP contribution in [0.4, 0.5) is 5.00 Å². The van der Waals surface area contributed by atoms with Gasteiger partial charge in [0.2, 0.25) is 0 Å². The molecule has 2 N–H and O–H groups in total. The second-order valence-corrected chi connectivity index (χ2v) is 7.52. The summed E-state index contributed by atoms with van der Waals surface area (Å²) in [6.07, 6.45) is 2.17. The summed E-state index contributed by atoms with van der Waals surface area (Å²) in [4.78, 5) is 27.8. The molecule has 0 unspecified atom stereocenters. The van der Waals surface area contributed by atoms with E-state index in [0.717, 1.165) is 48.5 Å². The van der Waals surface area contributed by atoms with Crippen molar-refractivity contribution >= 4 is 28.1 Å². The summed E-state index contributed by atoms with van der Waals surface area (Å²) in [7, 11) is 0. The number of carbonyl (C=O) groups excluding carboxylic acids is 2. The van der Waals surface area contributed by atoms with Crippen molar-refractivity contribution in [3.05, 3.63) is 51.9 Å². The Morgan fingerprint density at radius 1 is 1.27 bits per heavy atom. The Morgan fingerprint density at radius 2 is 2.04 bits per heavy atom. The van der Waals surface area contributed by atoms with Gasteiger partial charge >= 0.3 is 5.97 Å². The first-order valence-electron chi connectivity index (χ1n) is 8.98. The number of anilines is 1. The highest BCUT2D eigenvalue weighted by Crippen LogP contribution is 2.35. The number of benzene rings is 1. The predicted molar refractivity (Wildman–Crippen MR) is 104 cm³/mol. The van der Waals surface area contributed by atoms with Gasteiger partial charge < -0.3 is 10.5 Å². The second-order valence-electron chi connectivity index (χ2n) is 6.38. The summed E-state index contributed by atoms with van der Waals surface area (Å²) in [6.45, 7) is 4.67. The van der Waals surface area contributed by atoms with Crippen LogP contribution in [0.25, 0.3) is 0 Å². The lowest BCUT2D eigenvalue weighted by atomic mass is 10.0.